The van der Waals surface area contributed by atoms with Crippen molar-refractivity contribution in [3.63, 3.8) is 0 Å². The molecule has 0 aliphatic carbocycles. The van der Waals surface area contributed by atoms with Crippen LogP contribution in [0, 0.1) is 5.92 Å². The van der Waals surface area contributed by atoms with Crippen LogP contribution < -0.4 is 16.0 Å². The van der Waals surface area contributed by atoms with E-state index in [1.165, 1.54) is 13.2 Å². The number of allylic oxidation sites excluding steroid dienone is 2. The van der Waals surface area contributed by atoms with Gasteiger partial charge in [0.15, 0.2) is 6.10 Å². The Morgan fingerprint density at radius 1 is 1.09 bits per heavy atom. The van der Waals surface area contributed by atoms with Gasteiger partial charge in [-0.15, -0.1) is 0 Å². The number of benzene rings is 1. The summed E-state index contributed by atoms with van der Waals surface area (Å²) in [5, 5.41) is 25.1. The molecule has 5 N–H and O–H groups in total. The maximum Gasteiger partial charge on any atom is 0.405 e. The third-order valence-corrected chi connectivity index (χ3v) is 7.88. The smallest absolute Gasteiger partial charge is 0.405 e. The van der Waals surface area contributed by atoms with Crippen molar-refractivity contribution in [3.8, 4) is 11.5 Å². The minimum Gasteiger partial charge on any atom is -0.506 e. The van der Waals surface area contributed by atoms with Gasteiger partial charge >= 0.3 is 6.09 Å². The number of amides is 2. The lowest BCUT2D eigenvalue weighted by Gasteiger charge is -2.35. The van der Waals surface area contributed by atoms with Crippen molar-refractivity contribution in [3.05, 3.63) is 52.7 Å². The molecule has 1 aromatic rings. The van der Waals surface area contributed by atoms with Crippen LogP contribution in [0.5, 0.6) is 11.5 Å². The Kier molecular flexibility index (Phi) is 11.8. The van der Waals surface area contributed by atoms with E-state index in [1.54, 1.807) is 39.4 Å². The fraction of sp³-hybridized carbons (Fsp3) is 0.500. The Morgan fingerprint density at radius 2 is 1.79 bits per heavy atom. The van der Waals surface area contributed by atoms with Crippen LogP contribution in [0.1, 0.15) is 46.1 Å². The highest BCUT2D eigenvalue weighted by molar-refractivity contribution is 6.05. The quantitative estimate of drug-likeness (QED) is 0.215. The van der Waals surface area contributed by atoms with Gasteiger partial charge < -0.3 is 45.1 Å². The Labute approximate surface area is 253 Å². The highest BCUT2D eigenvalue weighted by Crippen LogP contribution is 2.45. The van der Waals surface area contributed by atoms with E-state index in [4.69, 9.17) is 24.7 Å². The van der Waals surface area contributed by atoms with E-state index in [0.717, 1.165) is 25.1 Å². The summed E-state index contributed by atoms with van der Waals surface area (Å²) in [6.07, 6.45) is 6.69. The SMILES string of the molecule is CO[C@H]1[C@@H](OC)CC(C)=Cc2c(O)c(cc(O)c2N2CCC2)NC(=O)C(C)=CC=C[C@H](OC)[C@@H](OC(N)=O)C(C)=C[C@@H]1C. The van der Waals surface area contributed by atoms with Gasteiger partial charge in [0, 0.05) is 57.5 Å². The van der Waals surface area contributed by atoms with Gasteiger partial charge in [0.2, 0.25) is 0 Å². The molecule has 43 heavy (non-hydrogen) atoms. The van der Waals surface area contributed by atoms with Gasteiger partial charge in [0.05, 0.1) is 23.6 Å². The van der Waals surface area contributed by atoms with Gasteiger partial charge in [-0.05, 0) is 45.3 Å². The van der Waals surface area contributed by atoms with Crippen LogP contribution in [0.2, 0.25) is 0 Å². The number of nitrogens with one attached hydrogen (secondary N) is 1. The van der Waals surface area contributed by atoms with Crippen molar-refractivity contribution >= 4 is 29.5 Å². The molecule has 0 unspecified atom stereocenters. The predicted molar refractivity (Wildman–Crippen MR) is 166 cm³/mol. The molecule has 2 bridgehead atoms. The second-order valence-corrected chi connectivity index (χ2v) is 11.1. The summed E-state index contributed by atoms with van der Waals surface area (Å²) in [7, 11) is 4.69. The molecule has 3 rings (SSSR count). The standard InChI is InChI=1S/C32H45N3O8/c1-18-14-22-27(35-12-9-13-35)24(36)17-23(28(22)37)34-31(38)19(2)10-8-11-25(40-5)30(43-32(33)39)21(4)16-20(3)29(42-7)26(15-18)41-6/h8,10-11,14,16-17,20,25-26,29-30,36-37H,9,12-13,15H2,1-7H3,(H2,33,39)(H,34,38)/t20-,25-,26-,29+,30-/m0/s1. The van der Waals surface area contributed by atoms with Crippen LogP contribution in [0.25, 0.3) is 6.08 Å². The van der Waals surface area contributed by atoms with E-state index >= 15 is 0 Å². The zero-order valence-electron chi connectivity index (χ0n) is 26.0. The number of nitrogens with zero attached hydrogens (tertiary/aromatic N) is 1. The van der Waals surface area contributed by atoms with Crippen LogP contribution >= 0.6 is 0 Å². The van der Waals surface area contributed by atoms with Crippen molar-refractivity contribution in [2.75, 3.05) is 44.6 Å². The summed E-state index contributed by atoms with van der Waals surface area (Å²) in [4.78, 5) is 26.9. The zero-order valence-corrected chi connectivity index (χ0v) is 26.0. The molecule has 11 nitrogen and oxygen atoms in total. The first kappa shape index (κ1) is 33.7. The lowest BCUT2D eigenvalue weighted by Crippen LogP contribution is -2.37. The Morgan fingerprint density at radius 3 is 2.35 bits per heavy atom. The average Bonchev–Trinajstić information content (AvgIpc) is 2.92. The number of carbonyl (C=O) groups excluding carboxylic acids is 2. The Balaban J connectivity index is 2.19. The molecule has 1 aromatic carbocycles. The molecule has 2 aliphatic rings. The molecular weight excluding hydrogens is 554 g/mol. The summed E-state index contributed by atoms with van der Waals surface area (Å²) >= 11 is 0. The van der Waals surface area contributed by atoms with Crippen molar-refractivity contribution in [2.24, 2.45) is 11.7 Å². The van der Waals surface area contributed by atoms with Crippen molar-refractivity contribution in [1.82, 2.24) is 0 Å². The first-order valence-corrected chi connectivity index (χ1v) is 14.3. The summed E-state index contributed by atoms with van der Waals surface area (Å²) < 4.78 is 22.9. The molecule has 0 aromatic heterocycles. The number of methoxy groups -OCH3 is 3. The number of phenolic OH excluding ortho intramolecular Hbond substituents is 2. The zero-order chi connectivity index (χ0) is 31.8. The third-order valence-electron chi connectivity index (χ3n) is 7.88. The largest absolute Gasteiger partial charge is 0.506 e. The number of hydrogen-bond donors (Lipinski definition) is 4. The van der Waals surface area contributed by atoms with Crippen LogP contribution in [-0.2, 0) is 23.7 Å². The summed E-state index contributed by atoms with van der Waals surface area (Å²) in [6.45, 7) is 8.80. The molecule has 2 heterocycles. The first-order chi connectivity index (χ1) is 20.4. The summed E-state index contributed by atoms with van der Waals surface area (Å²) in [6, 6.07) is 1.36. The number of primary amides is 1. The molecular formula is C32H45N3O8. The van der Waals surface area contributed by atoms with E-state index in [9.17, 15) is 19.8 Å². The third kappa shape index (κ3) is 8.19. The van der Waals surface area contributed by atoms with Crippen LogP contribution in [0.4, 0.5) is 16.2 Å². The highest BCUT2D eigenvalue weighted by Gasteiger charge is 2.30. The number of ether oxygens (including phenoxy) is 4. The molecule has 0 radical (unpaired) electrons. The second kappa shape index (κ2) is 15.1. The van der Waals surface area contributed by atoms with Gasteiger partial charge in [-0.2, -0.15) is 0 Å². The van der Waals surface area contributed by atoms with E-state index in [0.29, 0.717) is 28.8 Å². The minimum absolute atomic E-state index is 0.0463. The first-order valence-electron chi connectivity index (χ1n) is 14.3. The van der Waals surface area contributed by atoms with E-state index in [1.807, 2.05) is 37.8 Å². The van der Waals surface area contributed by atoms with Crippen molar-refractivity contribution < 1.29 is 38.7 Å². The van der Waals surface area contributed by atoms with E-state index in [2.05, 4.69) is 5.32 Å². The fourth-order valence-corrected chi connectivity index (χ4v) is 5.49. The van der Waals surface area contributed by atoms with Crippen molar-refractivity contribution in [1.29, 1.82) is 0 Å². The van der Waals surface area contributed by atoms with Crippen LogP contribution in [0.15, 0.2) is 47.1 Å². The lowest BCUT2D eigenvalue weighted by molar-refractivity contribution is -0.112. The number of hydrogen-bond acceptors (Lipinski definition) is 9. The van der Waals surface area contributed by atoms with Crippen LogP contribution in [0.3, 0.4) is 0 Å². The van der Waals surface area contributed by atoms with Gasteiger partial charge in [0.25, 0.3) is 5.91 Å². The number of nitrogens with two attached hydrogens (primary N) is 1. The highest BCUT2D eigenvalue weighted by atomic mass is 16.6. The van der Waals surface area contributed by atoms with Gasteiger partial charge in [-0.1, -0.05) is 36.8 Å². The minimum atomic E-state index is -0.952. The Hall–Kier alpha value is -3.80. The number of fused-ring (bicyclic) bond motifs is 2. The monoisotopic (exact) mass is 599 g/mol. The number of aromatic hydroxyl groups is 2. The summed E-state index contributed by atoms with van der Waals surface area (Å²) in [5.41, 5.74) is 8.28. The predicted octanol–water partition coefficient (Wildman–Crippen LogP) is 4.65. The molecule has 236 valence electrons. The summed E-state index contributed by atoms with van der Waals surface area (Å²) in [5.74, 6) is -0.864. The molecule has 2 amide bonds. The number of phenols is 2. The normalized spacial score (nSPS) is 25.7. The number of rotatable bonds is 5. The topological polar surface area (TPSA) is 153 Å². The maximum absolute atomic E-state index is 13.1. The Bertz CT molecular complexity index is 1300. The van der Waals surface area contributed by atoms with Crippen LogP contribution in [-0.4, -0.2) is 81.0 Å². The molecule has 0 spiro atoms. The van der Waals surface area contributed by atoms with Gasteiger partial charge in [-0.25, -0.2) is 4.79 Å². The molecule has 5 atom stereocenters. The molecule has 0 saturated carbocycles. The molecule has 1 fully saturated rings. The second-order valence-electron chi connectivity index (χ2n) is 11.1. The average molecular weight is 600 g/mol. The fourth-order valence-electron chi connectivity index (χ4n) is 5.49. The van der Waals surface area contributed by atoms with Gasteiger partial charge in [-0.3, -0.25) is 4.79 Å². The van der Waals surface area contributed by atoms with Gasteiger partial charge in [0.1, 0.15) is 17.6 Å². The number of carbonyl (C=O) groups is 2. The lowest BCUT2D eigenvalue weighted by atomic mass is 9.91. The molecule has 1 saturated heterocycles. The van der Waals surface area contributed by atoms with E-state index in [-0.39, 0.29) is 23.1 Å². The molecule has 11 heteroatoms. The van der Waals surface area contributed by atoms with E-state index < -0.39 is 36.4 Å². The number of anilines is 2. The van der Waals surface area contributed by atoms with Crippen molar-refractivity contribution in [2.45, 2.75) is 65.0 Å². The molecule has 2 aliphatic heterocycles. The maximum atomic E-state index is 13.1.